The number of hydrogen-bond acceptors (Lipinski definition) is 5. The maximum absolute atomic E-state index is 13.2. The van der Waals surface area contributed by atoms with Gasteiger partial charge in [0.05, 0.1) is 29.9 Å². The second kappa shape index (κ2) is 8.52. The van der Waals surface area contributed by atoms with E-state index in [9.17, 15) is 13.2 Å². The molecule has 0 unspecified atom stereocenters. The Labute approximate surface area is 181 Å². The van der Waals surface area contributed by atoms with Gasteiger partial charge >= 0.3 is 0 Å². The van der Waals surface area contributed by atoms with Gasteiger partial charge in [0.15, 0.2) is 0 Å². The predicted octanol–water partition coefficient (Wildman–Crippen LogP) is 3.11. The van der Waals surface area contributed by atoms with Gasteiger partial charge in [-0.05, 0) is 61.0 Å². The number of rotatable bonds is 5. The number of nitrogens with one attached hydrogen (secondary N) is 1. The summed E-state index contributed by atoms with van der Waals surface area (Å²) in [7, 11) is -2.05. The van der Waals surface area contributed by atoms with Gasteiger partial charge in [-0.25, -0.2) is 8.42 Å². The predicted molar refractivity (Wildman–Crippen MR) is 117 cm³/mol. The van der Waals surface area contributed by atoms with Gasteiger partial charge in [-0.15, -0.1) is 0 Å². The molecule has 1 aliphatic heterocycles. The highest BCUT2D eigenvalue weighted by atomic mass is 32.2. The summed E-state index contributed by atoms with van der Waals surface area (Å²) >= 11 is 0. The third-order valence-electron chi connectivity index (χ3n) is 5.18. The zero-order valence-electron chi connectivity index (χ0n) is 17.4. The van der Waals surface area contributed by atoms with Crippen molar-refractivity contribution in [2.75, 3.05) is 19.0 Å². The Morgan fingerprint density at radius 3 is 2.42 bits per heavy atom. The van der Waals surface area contributed by atoms with Crippen molar-refractivity contribution in [2.45, 2.75) is 31.3 Å². The molecular weight excluding hydrogens is 416 g/mol. The number of sulfonamides is 1. The lowest BCUT2D eigenvalue weighted by Crippen LogP contribution is -2.30. The van der Waals surface area contributed by atoms with E-state index in [-0.39, 0.29) is 17.3 Å². The first kappa shape index (κ1) is 21.1. The molecule has 1 aromatic heterocycles. The van der Waals surface area contributed by atoms with Gasteiger partial charge < -0.3 is 10.1 Å². The number of aryl methyl sites for hydroxylation is 1. The topological polar surface area (TPSA) is 93.5 Å². The summed E-state index contributed by atoms with van der Waals surface area (Å²) < 4.78 is 35.0. The van der Waals surface area contributed by atoms with Gasteiger partial charge in [0, 0.05) is 31.3 Å². The molecule has 0 radical (unpaired) electrons. The minimum atomic E-state index is -3.67. The second-order valence-corrected chi connectivity index (χ2v) is 9.31. The molecule has 2 aromatic carbocycles. The molecule has 4 rings (SSSR count). The largest absolute Gasteiger partial charge is 0.497 e. The van der Waals surface area contributed by atoms with Gasteiger partial charge in [0.2, 0.25) is 15.9 Å². The zero-order chi connectivity index (χ0) is 22.0. The highest BCUT2D eigenvalue weighted by Crippen LogP contribution is 2.27. The molecule has 3 aromatic rings. The Morgan fingerprint density at radius 1 is 1.06 bits per heavy atom. The molecule has 31 heavy (non-hydrogen) atoms. The molecule has 0 atom stereocenters. The van der Waals surface area contributed by atoms with Crippen LogP contribution in [0.25, 0.3) is 11.3 Å². The third-order valence-corrected chi connectivity index (χ3v) is 7.04. The summed E-state index contributed by atoms with van der Waals surface area (Å²) in [4.78, 5) is 11.4. The van der Waals surface area contributed by atoms with E-state index in [1.54, 1.807) is 19.2 Å². The van der Waals surface area contributed by atoms with Crippen LogP contribution in [0.5, 0.6) is 5.75 Å². The van der Waals surface area contributed by atoms with Crippen LogP contribution in [0.1, 0.15) is 19.0 Å². The highest BCUT2D eigenvalue weighted by Gasteiger charge is 2.28. The molecule has 0 bridgehead atoms. The molecule has 1 aliphatic rings. The number of carbonyl (C=O) groups is 1. The normalized spacial score (nSPS) is 14.5. The Kier molecular flexibility index (Phi) is 5.79. The average Bonchev–Trinajstić information content (AvgIpc) is 3.04. The molecule has 0 saturated carbocycles. The van der Waals surface area contributed by atoms with Crippen molar-refractivity contribution < 1.29 is 17.9 Å². The lowest BCUT2D eigenvalue weighted by molar-refractivity contribution is -0.114. The van der Waals surface area contributed by atoms with Crippen molar-refractivity contribution in [1.29, 1.82) is 0 Å². The van der Waals surface area contributed by atoms with E-state index in [0.717, 1.165) is 22.7 Å². The Bertz CT molecular complexity index is 1190. The van der Waals surface area contributed by atoms with Crippen LogP contribution in [0.3, 0.4) is 0 Å². The average molecular weight is 441 g/mol. The smallest absolute Gasteiger partial charge is 0.243 e. The Hall–Kier alpha value is -3.17. The molecule has 1 N–H and O–H groups in total. The Balaban J connectivity index is 1.57. The van der Waals surface area contributed by atoms with Crippen LogP contribution in [0.4, 0.5) is 5.69 Å². The van der Waals surface area contributed by atoms with Crippen LogP contribution in [0.15, 0.2) is 59.5 Å². The maximum Gasteiger partial charge on any atom is 0.243 e. The van der Waals surface area contributed by atoms with E-state index in [1.807, 2.05) is 35.0 Å². The van der Waals surface area contributed by atoms with Gasteiger partial charge in [-0.2, -0.15) is 9.40 Å². The van der Waals surface area contributed by atoms with E-state index in [2.05, 4.69) is 10.4 Å². The monoisotopic (exact) mass is 440 g/mol. The fourth-order valence-corrected chi connectivity index (χ4v) is 5.05. The molecule has 0 fully saturated rings. The van der Waals surface area contributed by atoms with Crippen molar-refractivity contribution in [1.82, 2.24) is 14.1 Å². The molecular formula is C22H24N4O4S. The molecule has 162 valence electrons. The molecule has 9 heteroatoms. The van der Waals surface area contributed by atoms with Crippen LogP contribution >= 0.6 is 0 Å². The number of amides is 1. The van der Waals surface area contributed by atoms with Crippen molar-refractivity contribution >= 4 is 21.6 Å². The minimum Gasteiger partial charge on any atom is -0.497 e. The summed E-state index contributed by atoms with van der Waals surface area (Å²) in [6.07, 6.45) is 0.667. The number of benzene rings is 2. The SMILES string of the molecule is COc1ccc(-c2cc3n(n2)CCCN(S(=O)(=O)c2ccc(NC(C)=O)cc2)C3)cc1. The van der Waals surface area contributed by atoms with Crippen molar-refractivity contribution in [3.8, 4) is 17.0 Å². The first-order valence-corrected chi connectivity index (χ1v) is 11.4. The van der Waals surface area contributed by atoms with Crippen molar-refractivity contribution in [3.63, 3.8) is 0 Å². The quantitative estimate of drug-likeness (QED) is 0.658. The van der Waals surface area contributed by atoms with E-state index in [1.165, 1.54) is 23.4 Å². The number of fused-ring (bicyclic) bond motifs is 1. The highest BCUT2D eigenvalue weighted by molar-refractivity contribution is 7.89. The lowest BCUT2D eigenvalue weighted by atomic mass is 10.1. The first-order valence-electron chi connectivity index (χ1n) is 9.96. The summed E-state index contributed by atoms with van der Waals surface area (Å²) in [5.74, 6) is 0.565. The summed E-state index contributed by atoms with van der Waals surface area (Å²) in [6, 6.07) is 15.8. The standard InChI is InChI=1S/C22H24N4O4S/c1-16(27)23-18-6-10-21(11-7-18)31(28,29)25-12-3-13-26-19(15-25)14-22(24-26)17-4-8-20(30-2)9-5-17/h4-11,14H,3,12-13,15H2,1-2H3,(H,23,27). The van der Waals surface area contributed by atoms with E-state index in [0.29, 0.717) is 25.2 Å². The Morgan fingerprint density at radius 2 is 1.77 bits per heavy atom. The minimum absolute atomic E-state index is 0.199. The van der Waals surface area contributed by atoms with Gasteiger partial charge in [-0.3, -0.25) is 9.48 Å². The zero-order valence-corrected chi connectivity index (χ0v) is 18.2. The van der Waals surface area contributed by atoms with E-state index < -0.39 is 10.0 Å². The summed E-state index contributed by atoms with van der Waals surface area (Å²) in [5.41, 5.74) is 3.16. The number of ether oxygens (including phenoxy) is 1. The van der Waals surface area contributed by atoms with Gasteiger partial charge in [-0.1, -0.05) is 0 Å². The molecule has 0 spiro atoms. The number of nitrogens with zero attached hydrogens (tertiary/aromatic N) is 3. The van der Waals surface area contributed by atoms with Crippen molar-refractivity contribution in [2.24, 2.45) is 0 Å². The lowest BCUT2D eigenvalue weighted by Gasteiger charge is -2.20. The first-order chi connectivity index (χ1) is 14.9. The van der Waals surface area contributed by atoms with Crippen LogP contribution < -0.4 is 10.1 Å². The van der Waals surface area contributed by atoms with Crippen LogP contribution in [-0.2, 0) is 27.9 Å². The number of hydrogen-bond donors (Lipinski definition) is 1. The third kappa shape index (κ3) is 4.47. The van der Waals surface area contributed by atoms with Crippen LogP contribution in [0, 0.1) is 0 Å². The summed E-state index contributed by atoms with van der Waals surface area (Å²) in [5, 5.41) is 7.32. The molecule has 1 amide bonds. The van der Waals surface area contributed by atoms with Crippen LogP contribution in [-0.4, -0.2) is 42.1 Å². The summed E-state index contributed by atoms with van der Waals surface area (Å²) in [6.45, 7) is 2.72. The van der Waals surface area contributed by atoms with Gasteiger partial charge in [0.1, 0.15) is 5.75 Å². The molecule has 2 heterocycles. The number of carbonyl (C=O) groups excluding carboxylic acids is 1. The second-order valence-electron chi connectivity index (χ2n) is 7.37. The fourth-order valence-electron chi connectivity index (χ4n) is 3.60. The van der Waals surface area contributed by atoms with Gasteiger partial charge in [0.25, 0.3) is 0 Å². The van der Waals surface area contributed by atoms with Crippen LogP contribution in [0.2, 0.25) is 0 Å². The molecule has 8 nitrogen and oxygen atoms in total. The molecule has 0 aliphatic carbocycles. The number of aromatic nitrogens is 2. The maximum atomic E-state index is 13.2. The van der Waals surface area contributed by atoms with E-state index >= 15 is 0 Å². The number of methoxy groups -OCH3 is 1. The van der Waals surface area contributed by atoms with E-state index in [4.69, 9.17) is 4.74 Å². The number of anilines is 1. The molecule has 0 saturated heterocycles. The van der Waals surface area contributed by atoms with Crippen molar-refractivity contribution in [3.05, 3.63) is 60.3 Å². The fraction of sp³-hybridized carbons (Fsp3) is 0.273.